The largest absolute Gasteiger partial charge is 0.508 e. The number of amides is 3. The normalized spacial score (nSPS) is 14.0. The van der Waals surface area contributed by atoms with Crippen molar-refractivity contribution < 1.29 is 39.3 Å². The molecule has 1 aliphatic heterocycles. The van der Waals surface area contributed by atoms with Crippen molar-refractivity contribution in [3.05, 3.63) is 59.2 Å². The first-order valence-corrected chi connectivity index (χ1v) is 15.1. The van der Waals surface area contributed by atoms with Gasteiger partial charge in [-0.15, -0.1) is 5.06 Å². The molecule has 0 bridgehead atoms. The first-order valence-electron chi connectivity index (χ1n) is 15.1. The van der Waals surface area contributed by atoms with Gasteiger partial charge in [-0.3, -0.25) is 9.59 Å². The molecule has 2 aromatic rings. The van der Waals surface area contributed by atoms with Crippen LogP contribution < -0.4 is 10.2 Å². The maximum atomic E-state index is 12.5. The molecule has 236 valence electrons. The van der Waals surface area contributed by atoms with Gasteiger partial charge in [0.2, 0.25) is 0 Å². The van der Waals surface area contributed by atoms with Crippen LogP contribution in [0.5, 0.6) is 5.75 Å². The van der Waals surface area contributed by atoms with Crippen molar-refractivity contribution in [1.29, 1.82) is 0 Å². The zero-order valence-electron chi connectivity index (χ0n) is 25.0. The predicted octanol–water partition coefficient (Wildman–Crippen LogP) is 4.13. The highest BCUT2D eigenvalue weighted by Gasteiger charge is 2.39. The number of carbonyl (C=O) groups excluding carboxylic acids is 3. The van der Waals surface area contributed by atoms with Crippen molar-refractivity contribution in [3.8, 4) is 5.75 Å². The van der Waals surface area contributed by atoms with E-state index in [1.165, 1.54) is 13.0 Å². The number of benzene rings is 2. The molecule has 0 radical (unpaired) electrons. The maximum absolute atomic E-state index is 12.5. The van der Waals surface area contributed by atoms with Crippen molar-refractivity contribution >= 4 is 23.6 Å². The maximum Gasteiger partial charge on any atom is 0.365 e. The predicted molar refractivity (Wildman–Crippen MR) is 161 cm³/mol. The van der Waals surface area contributed by atoms with E-state index < -0.39 is 24.0 Å². The number of aryl methyl sites for hydroxylation is 1. The molecule has 43 heavy (non-hydrogen) atoms. The number of carbonyl (C=O) groups is 3. The number of aromatic hydroxyl groups is 1. The molecule has 3 rings (SSSR count). The summed E-state index contributed by atoms with van der Waals surface area (Å²) in [6, 6.07) is 11.5. The van der Waals surface area contributed by atoms with Crippen LogP contribution in [0, 0.1) is 0 Å². The molecule has 4 N–H and O–H groups in total. The number of aliphatic hydroxyl groups excluding tert-OH is 2. The number of aliphatic hydroxyl groups is 2. The highest BCUT2D eigenvalue weighted by atomic mass is 16.7. The number of ether oxygens (including phenoxy) is 1. The number of nitrogens with zero attached hydrogens (tertiary/aromatic N) is 2. The number of imide groups is 1. The van der Waals surface area contributed by atoms with E-state index in [0.29, 0.717) is 23.4 Å². The van der Waals surface area contributed by atoms with E-state index in [0.717, 1.165) is 93.1 Å². The fraction of sp³-hybridized carbons (Fsp3) is 0.531. The third-order valence-electron chi connectivity index (χ3n) is 7.23. The number of anilines is 1. The van der Waals surface area contributed by atoms with Gasteiger partial charge in [-0.2, -0.15) is 0 Å². The molecule has 1 aliphatic rings. The lowest BCUT2D eigenvalue weighted by Crippen LogP contribution is -2.34. The SMILES string of the molecule is CC(=O)ON1CC(=O)N(c2cccc(CCCCCCOCCCCCCNC[C@H](O)c3ccc(O)c(CO)c3)c2)C1=O. The molecule has 0 aromatic heterocycles. The molecule has 2 aromatic carbocycles. The zero-order chi connectivity index (χ0) is 31.0. The Morgan fingerprint density at radius 1 is 0.977 bits per heavy atom. The lowest BCUT2D eigenvalue weighted by atomic mass is 10.1. The number of rotatable bonds is 20. The molecule has 1 atom stereocenters. The van der Waals surface area contributed by atoms with E-state index in [1.807, 2.05) is 18.2 Å². The number of hydrogen-bond donors (Lipinski definition) is 4. The van der Waals surface area contributed by atoms with Gasteiger partial charge in [-0.05, 0) is 74.0 Å². The monoisotopic (exact) mass is 599 g/mol. The molecule has 0 saturated carbocycles. The molecular formula is C32H45N3O8. The molecule has 3 amide bonds. The number of hydrogen-bond acceptors (Lipinski definition) is 9. The van der Waals surface area contributed by atoms with Gasteiger partial charge in [0.05, 0.1) is 18.4 Å². The van der Waals surface area contributed by atoms with Gasteiger partial charge in [-0.1, -0.05) is 43.9 Å². The summed E-state index contributed by atoms with van der Waals surface area (Å²) in [6.07, 6.45) is 8.52. The van der Waals surface area contributed by atoms with Crippen molar-refractivity contribution in [2.45, 2.75) is 77.4 Å². The van der Waals surface area contributed by atoms with Crippen LogP contribution in [0.2, 0.25) is 0 Å². The highest BCUT2D eigenvalue weighted by Crippen LogP contribution is 2.24. The number of hydroxylamine groups is 2. The highest BCUT2D eigenvalue weighted by molar-refractivity contribution is 6.19. The second-order valence-electron chi connectivity index (χ2n) is 10.8. The average molecular weight is 600 g/mol. The van der Waals surface area contributed by atoms with Crippen LogP contribution in [-0.2, 0) is 32.2 Å². The summed E-state index contributed by atoms with van der Waals surface area (Å²) >= 11 is 0. The van der Waals surface area contributed by atoms with Crippen LogP contribution in [0.1, 0.15) is 81.1 Å². The van der Waals surface area contributed by atoms with E-state index in [4.69, 9.17) is 9.57 Å². The van der Waals surface area contributed by atoms with E-state index in [9.17, 15) is 29.7 Å². The van der Waals surface area contributed by atoms with Gasteiger partial charge in [-0.25, -0.2) is 9.69 Å². The summed E-state index contributed by atoms with van der Waals surface area (Å²) in [5.41, 5.74) is 2.60. The summed E-state index contributed by atoms with van der Waals surface area (Å²) in [6.45, 7) is 3.38. The summed E-state index contributed by atoms with van der Waals surface area (Å²) in [5, 5.41) is 33.2. The molecule has 1 heterocycles. The Bertz CT molecular complexity index is 1190. The van der Waals surface area contributed by atoms with Crippen LogP contribution in [0.4, 0.5) is 10.5 Å². The lowest BCUT2D eigenvalue weighted by molar-refractivity contribution is -0.171. The van der Waals surface area contributed by atoms with E-state index in [2.05, 4.69) is 5.32 Å². The summed E-state index contributed by atoms with van der Waals surface area (Å²) in [4.78, 5) is 41.8. The van der Waals surface area contributed by atoms with Gasteiger partial charge in [0.25, 0.3) is 5.91 Å². The van der Waals surface area contributed by atoms with Gasteiger partial charge in [0.1, 0.15) is 12.3 Å². The molecule has 1 saturated heterocycles. The van der Waals surface area contributed by atoms with Crippen LogP contribution >= 0.6 is 0 Å². The second kappa shape index (κ2) is 18.2. The topological polar surface area (TPSA) is 149 Å². The lowest BCUT2D eigenvalue weighted by Gasteiger charge is -2.16. The molecule has 1 fully saturated rings. The Kier molecular flexibility index (Phi) is 14.4. The summed E-state index contributed by atoms with van der Waals surface area (Å²) in [7, 11) is 0. The van der Waals surface area contributed by atoms with Crippen LogP contribution in [0.15, 0.2) is 42.5 Å². The average Bonchev–Trinajstić information content (AvgIpc) is 3.26. The van der Waals surface area contributed by atoms with Gasteiger partial charge in [0.15, 0.2) is 0 Å². The Morgan fingerprint density at radius 3 is 2.42 bits per heavy atom. The molecule has 0 spiro atoms. The van der Waals surface area contributed by atoms with E-state index in [1.54, 1.807) is 18.2 Å². The van der Waals surface area contributed by atoms with Gasteiger partial charge < -0.3 is 30.2 Å². The number of unbranched alkanes of at least 4 members (excludes halogenated alkanes) is 6. The van der Waals surface area contributed by atoms with Crippen molar-refractivity contribution in [3.63, 3.8) is 0 Å². The van der Waals surface area contributed by atoms with E-state index in [-0.39, 0.29) is 18.9 Å². The quantitative estimate of drug-likeness (QED) is 0.130. The van der Waals surface area contributed by atoms with Gasteiger partial charge >= 0.3 is 12.0 Å². The zero-order valence-corrected chi connectivity index (χ0v) is 25.0. The fourth-order valence-corrected chi connectivity index (χ4v) is 4.90. The minimum Gasteiger partial charge on any atom is -0.508 e. The summed E-state index contributed by atoms with van der Waals surface area (Å²) in [5.74, 6) is -1.05. The molecule has 11 nitrogen and oxygen atoms in total. The number of phenols is 1. The van der Waals surface area contributed by atoms with E-state index >= 15 is 0 Å². The number of urea groups is 1. The molecule has 11 heteroatoms. The minimum absolute atomic E-state index is 0.0296. The van der Waals surface area contributed by atoms with Gasteiger partial charge in [0, 0.05) is 32.2 Å². The molecule has 0 unspecified atom stereocenters. The first-order chi connectivity index (χ1) is 20.8. The van der Waals surface area contributed by atoms with Crippen LogP contribution in [-0.4, -0.2) is 71.1 Å². The first kappa shape index (κ1) is 34.0. The second-order valence-corrected chi connectivity index (χ2v) is 10.8. The third-order valence-corrected chi connectivity index (χ3v) is 7.23. The van der Waals surface area contributed by atoms with Crippen LogP contribution in [0.3, 0.4) is 0 Å². The molecular weight excluding hydrogens is 554 g/mol. The van der Waals surface area contributed by atoms with Crippen LogP contribution in [0.25, 0.3) is 0 Å². The number of nitrogens with one attached hydrogen (secondary N) is 1. The Morgan fingerprint density at radius 2 is 1.70 bits per heavy atom. The van der Waals surface area contributed by atoms with Crippen molar-refractivity contribution in [2.75, 3.05) is 37.7 Å². The Labute approximate surface area is 253 Å². The smallest absolute Gasteiger partial charge is 0.365 e. The fourth-order valence-electron chi connectivity index (χ4n) is 4.90. The third kappa shape index (κ3) is 11.3. The summed E-state index contributed by atoms with van der Waals surface area (Å²) < 4.78 is 5.77. The Hall–Kier alpha value is -3.51. The van der Waals surface area contributed by atoms with Crippen molar-refractivity contribution in [1.82, 2.24) is 10.4 Å². The molecule has 0 aliphatic carbocycles. The Balaban J connectivity index is 1.16. The minimum atomic E-state index is -0.688. The van der Waals surface area contributed by atoms with Crippen molar-refractivity contribution in [2.24, 2.45) is 0 Å². The standard InChI is InChI=1S/C32H45N3O8/c1-24(37)43-34-22-31(40)35(32(34)41)28-13-10-12-25(19-28)11-6-2-4-8-17-42-18-9-5-3-7-16-33-21-30(39)26-14-15-29(38)27(20-26)23-36/h10,12-15,19-20,30,33,36,38-39H,2-9,11,16-18,21-23H2,1H3/t30-/m0/s1.